The van der Waals surface area contributed by atoms with Crippen LogP contribution in [0.1, 0.15) is 12.8 Å². The first kappa shape index (κ1) is 17.8. The summed E-state index contributed by atoms with van der Waals surface area (Å²) in [6.07, 6.45) is 3.39. The molecule has 0 bridgehead atoms. The van der Waals surface area contributed by atoms with Crippen molar-refractivity contribution in [3.63, 3.8) is 0 Å². The number of ether oxygens (including phenoxy) is 1. The zero-order valence-electron chi connectivity index (χ0n) is 14.5. The topological polar surface area (TPSA) is 55.5 Å². The molecule has 0 amide bonds. The lowest BCUT2D eigenvalue weighted by Gasteiger charge is -2.29. The molecule has 1 atom stereocenters. The van der Waals surface area contributed by atoms with Crippen molar-refractivity contribution in [2.75, 3.05) is 20.2 Å². The minimum Gasteiger partial charge on any atom is -0.496 e. The van der Waals surface area contributed by atoms with Gasteiger partial charge in [0.25, 0.3) is 0 Å². The molecule has 0 radical (unpaired) electrons. The Morgan fingerprint density at radius 1 is 1.44 bits per heavy atom. The van der Waals surface area contributed by atoms with Gasteiger partial charge in [-0.05, 0) is 37.2 Å². The lowest BCUT2D eigenvalue weighted by atomic mass is 10.1. The molecule has 134 valence electrons. The summed E-state index contributed by atoms with van der Waals surface area (Å²) >= 11 is 5.64. The van der Waals surface area contributed by atoms with E-state index >= 15 is 0 Å². The van der Waals surface area contributed by atoms with Crippen LogP contribution in [0.2, 0.25) is 0 Å². The molecule has 3 rings (SSSR count). The van der Waals surface area contributed by atoms with E-state index in [2.05, 4.69) is 11.5 Å². The SMILES string of the molecule is C=CCn1c(-c2ccccc2OC)nn(CN2CCC[C@@H](O)C2)c1=S. The molecule has 2 heterocycles. The van der Waals surface area contributed by atoms with Crippen molar-refractivity contribution in [2.45, 2.75) is 32.2 Å². The van der Waals surface area contributed by atoms with Gasteiger partial charge in [-0.25, -0.2) is 4.68 Å². The lowest BCUT2D eigenvalue weighted by Crippen LogP contribution is -2.39. The first-order valence-electron chi connectivity index (χ1n) is 8.46. The van der Waals surface area contributed by atoms with Crippen LogP contribution in [0.25, 0.3) is 11.4 Å². The van der Waals surface area contributed by atoms with Gasteiger partial charge in [0.15, 0.2) is 10.6 Å². The first-order valence-corrected chi connectivity index (χ1v) is 8.87. The number of aliphatic hydroxyl groups is 1. The second-order valence-electron chi connectivity index (χ2n) is 6.22. The molecule has 1 saturated heterocycles. The maximum absolute atomic E-state index is 9.88. The molecule has 2 aromatic rings. The van der Waals surface area contributed by atoms with Crippen LogP contribution in [-0.4, -0.2) is 50.7 Å². The predicted octanol–water partition coefficient (Wildman–Crippen LogP) is 2.69. The number of para-hydroxylation sites is 1. The number of methoxy groups -OCH3 is 1. The summed E-state index contributed by atoms with van der Waals surface area (Å²) in [4.78, 5) is 2.18. The zero-order chi connectivity index (χ0) is 17.8. The molecule has 1 aliphatic rings. The smallest absolute Gasteiger partial charge is 0.199 e. The normalized spacial score (nSPS) is 18.2. The molecule has 25 heavy (non-hydrogen) atoms. The van der Waals surface area contributed by atoms with E-state index in [1.165, 1.54) is 0 Å². The Hall–Kier alpha value is -1.96. The van der Waals surface area contributed by atoms with Gasteiger partial charge >= 0.3 is 0 Å². The van der Waals surface area contributed by atoms with Crippen LogP contribution >= 0.6 is 12.2 Å². The highest BCUT2D eigenvalue weighted by Crippen LogP contribution is 2.29. The number of β-amino-alcohol motifs (C(OH)–C–C–N with tert-alkyl or cyclic N) is 1. The Balaban J connectivity index is 1.98. The van der Waals surface area contributed by atoms with Gasteiger partial charge in [-0.2, -0.15) is 5.10 Å². The summed E-state index contributed by atoms with van der Waals surface area (Å²) in [7, 11) is 1.65. The fourth-order valence-electron chi connectivity index (χ4n) is 3.20. The highest BCUT2D eigenvalue weighted by Gasteiger charge is 2.20. The summed E-state index contributed by atoms with van der Waals surface area (Å²) in [6, 6.07) is 7.78. The Bertz CT molecular complexity index is 799. The van der Waals surface area contributed by atoms with Crippen LogP contribution in [0.5, 0.6) is 5.75 Å². The van der Waals surface area contributed by atoms with Crippen molar-refractivity contribution in [1.29, 1.82) is 0 Å². The number of hydrogen-bond acceptors (Lipinski definition) is 5. The molecule has 1 aliphatic heterocycles. The van der Waals surface area contributed by atoms with Crippen LogP contribution in [0.4, 0.5) is 0 Å². The summed E-state index contributed by atoms with van der Waals surface area (Å²) in [5, 5.41) is 14.6. The average Bonchev–Trinajstić information content (AvgIpc) is 2.91. The number of aliphatic hydroxyl groups excluding tert-OH is 1. The van der Waals surface area contributed by atoms with Gasteiger partial charge in [0.2, 0.25) is 0 Å². The first-order chi connectivity index (χ1) is 12.1. The highest BCUT2D eigenvalue weighted by atomic mass is 32.1. The Morgan fingerprint density at radius 3 is 2.96 bits per heavy atom. The number of piperidine rings is 1. The van der Waals surface area contributed by atoms with Gasteiger partial charge in [-0.1, -0.05) is 18.2 Å². The summed E-state index contributed by atoms with van der Waals surface area (Å²) in [5.41, 5.74) is 0.898. The van der Waals surface area contributed by atoms with E-state index < -0.39 is 0 Å². The fraction of sp³-hybridized carbons (Fsp3) is 0.444. The molecular formula is C18H24N4O2S. The highest BCUT2D eigenvalue weighted by molar-refractivity contribution is 7.71. The molecule has 7 heteroatoms. The van der Waals surface area contributed by atoms with Crippen LogP contribution in [0, 0.1) is 4.77 Å². The summed E-state index contributed by atoms with van der Waals surface area (Å²) in [5.74, 6) is 1.52. The van der Waals surface area contributed by atoms with Crippen molar-refractivity contribution >= 4 is 12.2 Å². The van der Waals surface area contributed by atoms with Gasteiger partial charge in [-0.15, -0.1) is 6.58 Å². The van der Waals surface area contributed by atoms with E-state index in [1.54, 1.807) is 7.11 Å². The van der Waals surface area contributed by atoms with Crippen molar-refractivity contribution in [1.82, 2.24) is 19.2 Å². The molecular weight excluding hydrogens is 336 g/mol. The lowest BCUT2D eigenvalue weighted by molar-refractivity contribution is 0.0513. The number of benzene rings is 1. The Morgan fingerprint density at radius 2 is 2.24 bits per heavy atom. The average molecular weight is 360 g/mol. The third-order valence-electron chi connectivity index (χ3n) is 4.40. The number of aromatic nitrogens is 3. The molecule has 0 saturated carbocycles. The van der Waals surface area contributed by atoms with Gasteiger partial charge in [0.05, 0.1) is 25.4 Å². The minimum atomic E-state index is -0.271. The second kappa shape index (κ2) is 7.95. The fourth-order valence-corrected chi connectivity index (χ4v) is 3.46. The van der Waals surface area contributed by atoms with E-state index in [-0.39, 0.29) is 6.10 Å². The quantitative estimate of drug-likeness (QED) is 0.634. The van der Waals surface area contributed by atoms with E-state index in [0.717, 1.165) is 36.5 Å². The molecule has 1 fully saturated rings. The van der Waals surface area contributed by atoms with Crippen molar-refractivity contribution in [3.05, 3.63) is 41.7 Å². The van der Waals surface area contributed by atoms with Gasteiger partial charge in [0.1, 0.15) is 5.75 Å². The molecule has 1 aromatic carbocycles. The van der Waals surface area contributed by atoms with Gasteiger partial charge < -0.3 is 9.84 Å². The Labute approximate surface area is 153 Å². The molecule has 0 unspecified atom stereocenters. The van der Waals surface area contributed by atoms with E-state index in [4.69, 9.17) is 22.1 Å². The van der Waals surface area contributed by atoms with Crippen LogP contribution in [0.3, 0.4) is 0 Å². The van der Waals surface area contributed by atoms with Crippen LogP contribution < -0.4 is 4.74 Å². The zero-order valence-corrected chi connectivity index (χ0v) is 15.3. The van der Waals surface area contributed by atoms with E-state index in [1.807, 2.05) is 39.6 Å². The van der Waals surface area contributed by atoms with E-state index in [0.29, 0.717) is 24.5 Å². The third kappa shape index (κ3) is 3.84. The Kier molecular flexibility index (Phi) is 5.67. The van der Waals surface area contributed by atoms with Gasteiger partial charge in [-0.3, -0.25) is 9.47 Å². The van der Waals surface area contributed by atoms with E-state index in [9.17, 15) is 5.11 Å². The standard InChI is InChI=1S/C18H24N4O2S/c1-3-10-21-17(15-8-4-5-9-16(15)24-2)19-22(18(21)25)13-20-11-6-7-14(23)12-20/h3-5,8-9,14,23H,1,6-7,10-13H2,2H3/t14-/m1/s1. The number of hydrogen-bond donors (Lipinski definition) is 1. The monoisotopic (exact) mass is 360 g/mol. The molecule has 1 aromatic heterocycles. The number of allylic oxidation sites excluding steroid dienone is 1. The van der Waals surface area contributed by atoms with Crippen molar-refractivity contribution < 1.29 is 9.84 Å². The number of rotatable bonds is 6. The number of likely N-dealkylation sites (tertiary alicyclic amines) is 1. The molecule has 6 nitrogen and oxygen atoms in total. The molecule has 0 aliphatic carbocycles. The summed E-state index contributed by atoms with van der Waals surface area (Å²) < 4.78 is 9.90. The third-order valence-corrected chi connectivity index (χ3v) is 4.83. The maximum atomic E-state index is 9.88. The molecule has 1 N–H and O–H groups in total. The maximum Gasteiger partial charge on any atom is 0.199 e. The van der Waals surface area contributed by atoms with Crippen molar-refractivity contribution in [3.8, 4) is 17.1 Å². The van der Waals surface area contributed by atoms with Crippen LogP contribution in [0.15, 0.2) is 36.9 Å². The number of nitrogens with zero attached hydrogens (tertiary/aromatic N) is 4. The minimum absolute atomic E-state index is 0.271. The largest absolute Gasteiger partial charge is 0.496 e. The molecule has 0 spiro atoms. The summed E-state index contributed by atoms with van der Waals surface area (Å²) in [6.45, 7) is 6.57. The van der Waals surface area contributed by atoms with Crippen molar-refractivity contribution in [2.24, 2.45) is 0 Å². The second-order valence-corrected chi connectivity index (χ2v) is 6.58. The predicted molar refractivity (Wildman–Crippen MR) is 100 cm³/mol. The van der Waals surface area contributed by atoms with Crippen LogP contribution in [-0.2, 0) is 13.2 Å². The van der Waals surface area contributed by atoms with Gasteiger partial charge in [0, 0.05) is 19.6 Å².